The van der Waals surface area contributed by atoms with E-state index in [1.54, 1.807) is 13.1 Å². The van der Waals surface area contributed by atoms with Crippen LogP contribution in [0.4, 0.5) is 5.82 Å². The second-order valence-electron chi connectivity index (χ2n) is 4.42. The Morgan fingerprint density at radius 3 is 3.06 bits per heavy atom. The lowest BCUT2D eigenvalue weighted by Gasteiger charge is -2.35. The summed E-state index contributed by atoms with van der Waals surface area (Å²) in [5.74, 6) is 1.03. The van der Waals surface area contributed by atoms with Gasteiger partial charge in [0.25, 0.3) is 0 Å². The van der Waals surface area contributed by atoms with E-state index in [0.29, 0.717) is 0 Å². The van der Waals surface area contributed by atoms with Crippen LogP contribution in [-0.2, 0) is 4.79 Å². The highest BCUT2D eigenvalue weighted by Crippen LogP contribution is 2.33. The van der Waals surface area contributed by atoms with Crippen LogP contribution < -0.4 is 5.32 Å². The Morgan fingerprint density at radius 1 is 1.53 bits per heavy atom. The molecule has 0 bridgehead atoms. The fraction of sp³-hybridized carbons (Fsp3) is 0.538. The Hall–Kier alpha value is -1.58. The van der Waals surface area contributed by atoms with Gasteiger partial charge in [0.05, 0.1) is 6.04 Å². The van der Waals surface area contributed by atoms with Gasteiger partial charge in [-0.05, 0) is 25.3 Å². The SMILES string of the molecule is CNc1ncccc1[C@H]1CCCCN1C(C)=O. The third kappa shape index (κ3) is 2.40. The smallest absolute Gasteiger partial charge is 0.219 e. The number of nitrogens with one attached hydrogen (secondary N) is 1. The van der Waals surface area contributed by atoms with E-state index >= 15 is 0 Å². The summed E-state index contributed by atoms with van der Waals surface area (Å²) in [6, 6.07) is 4.17. The fourth-order valence-corrected chi connectivity index (χ4v) is 2.53. The largest absolute Gasteiger partial charge is 0.373 e. The van der Waals surface area contributed by atoms with Crippen molar-refractivity contribution in [2.75, 3.05) is 18.9 Å². The van der Waals surface area contributed by atoms with E-state index in [9.17, 15) is 4.79 Å². The number of hydrogen-bond donors (Lipinski definition) is 1. The van der Waals surface area contributed by atoms with Gasteiger partial charge in [0, 0.05) is 32.3 Å². The minimum Gasteiger partial charge on any atom is -0.373 e. The number of rotatable bonds is 2. The van der Waals surface area contributed by atoms with E-state index in [0.717, 1.165) is 30.8 Å². The van der Waals surface area contributed by atoms with Crippen molar-refractivity contribution in [3.63, 3.8) is 0 Å². The highest BCUT2D eigenvalue weighted by Gasteiger charge is 2.27. The average Bonchev–Trinajstić information content (AvgIpc) is 2.38. The first-order chi connectivity index (χ1) is 8.24. The minimum absolute atomic E-state index is 0.153. The molecule has 0 aliphatic carbocycles. The van der Waals surface area contributed by atoms with E-state index in [2.05, 4.69) is 16.4 Å². The predicted molar refractivity (Wildman–Crippen MR) is 67.8 cm³/mol. The first-order valence-electron chi connectivity index (χ1n) is 6.14. The van der Waals surface area contributed by atoms with Crippen molar-refractivity contribution >= 4 is 11.7 Å². The molecule has 4 heteroatoms. The fourth-order valence-electron chi connectivity index (χ4n) is 2.53. The quantitative estimate of drug-likeness (QED) is 0.851. The zero-order valence-electron chi connectivity index (χ0n) is 10.4. The maximum atomic E-state index is 11.7. The minimum atomic E-state index is 0.153. The molecular formula is C13H19N3O. The summed E-state index contributed by atoms with van der Waals surface area (Å²) in [5.41, 5.74) is 1.13. The van der Waals surface area contributed by atoms with Crippen molar-refractivity contribution in [2.45, 2.75) is 32.2 Å². The summed E-state index contributed by atoms with van der Waals surface area (Å²) in [7, 11) is 1.87. The number of nitrogens with zero attached hydrogens (tertiary/aromatic N) is 2. The van der Waals surface area contributed by atoms with Crippen LogP contribution in [0.5, 0.6) is 0 Å². The first kappa shape index (κ1) is 11.9. The first-order valence-corrected chi connectivity index (χ1v) is 6.14. The number of aromatic nitrogens is 1. The van der Waals surface area contributed by atoms with Gasteiger partial charge in [-0.2, -0.15) is 0 Å². The van der Waals surface area contributed by atoms with E-state index in [1.807, 2.05) is 18.0 Å². The molecular weight excluding hydrogens is 214 g/mol. The maximum absolute atomic E-state index is 11.7. The lowest BCUT2D eigenvalue weighted by Crippen LogP contribution is -2.37. The van der Waals surface area contributed by atoms with Gasteiger partial charge in [-0.3, -0.25) is 4.79 Å². The summed E-state index contributed by atoms with van der Waals surface area (Å²) < 4.78 is 0. The van der Waals surface area contributed by atoms with E-state index in [-0.39, 0.29) is 11.9 Å². The van der Waals surface area contributed by atoms with Gasteiger partial charge in [-0.1, -0.05) is 6.07 Å². The van der Waals surface area contributed by atoms with Crippen LogP contribution in [0.15, 0.2) is 18.3 Å². The Bertz CT molecular complexity index is 405. The molecule has 1 N–H and O–H groups in total. The van der Waals surface area contributed by atoms with Gasteiger partial charge < -0.3 is 10.2 Å². The number of carbonyl (C=O) groups excluding carboxylic acids is 1. The number of amides is 1. The standard InChI is InChI=1S/C13H19N3O/c1-10(17)16-9-4-3-7-12(16)11-6-5-8-15-13(11)14-2/h5-6,8,12H,3-4,7,9H2,1-2H3,(H,14,15)/t12-/m1/s1. The van der Waals surface area contributed by atoms with Crippen LogP contribution in [0.1, 0.15) is 37.8 Å². The van der Waals surface area contributed by atoms with Gasteiger partial charge in [0.1, 0.15) is 5.82 Å². The Kier molecular flexibility index (Phi) is 3.61. The highest BCUT2D eigenvalue weighted by atomic mass is 16.2. The number of pyridine rings is 1. The molecule has 0 aromatic carbocycles. The molecule has 0 saturated carbocycles. The molecule has 1 aliphatic rings. The molecule has 0 spiro atoms. The van der Waals surface area contributed by atoms with Crippen LogP contribution in [0.3, 0.4) is 0 Å². The molecule has 1 aromatic heterocycles. The molecule has 1 fully saturated rings. The molecule has 4 nitrogen and oxygen atoms in total. The van der Waals surface area contributed by atoms with Crippen molar-refractivity contribution in [3.8, 4) is 0 Å². The number of likely N-dealkylation sites (tertiary alicyclic amines) is 1. The molecule has 0 unspecified atom stereocenters. The van der Waals surface area contributed by atoms with Crippen molar-refractivity contribution in [1.82, 2.24) is 9.88 Å². The third-order valence-electron chi connectivity index (χ3n) is 3.34. The van der Waals surface area contributed by atoms with E-state index in [1.165, 1.54) is 6.42 Å². The maximum Gasteiger partial charge on any atom is 0.219 e. The highest BCUT2D eigenvalue weighted by molar-refractivity contribution is 5.74. The summed E-state index contributed by atoms with van der Waals surface area (Å²) in [6.45, 7) is 2.51. The van der Waals surface area contributed by atoms with Crippen LogP contribution in [-0.4, -0.2) is 29.4 Å². The van der Waals surface area contributed by atoms with Gasteiger partial charge in [0.15, 0.2) is 0 Å². The molecule has 1 atom stereocenters. The third-order valence-corrected chi connectivity index (χ3v) is 3.34. The topological polar surface area (TPSA) is 45.2 Å². The monoisotopic (exact) mass is 233 g/mol. The second-order valence-corrected chi connectivity index (χ2v) is 4.42. The Morgan fingerprint density at radius 2 is 2.35 bits per heavy atom. The second kappa shape index (κ2) is 5.17. The van der Waals surface area contributed by atoms with Crippen LogP contribution >= 0.6 is 0 Å². The van der Waals surface area contributed by atoms with E-state index in [4.69, 9.17) is 0 Å². The zero-order chi connectivity index (χ0) is 12.3. The molecule has 0 radical (unpaired) electrons. The van der Waals surface area contributed by atoms with Gasteiger partial charge in [-0.25, -0.2) is 4.98 Å². The Labute approximate surface area is 102 Å². The number of hydrogen-bond acceptors (Lipinski definition) is 3. The molecule has 1 amide bonds. The van der Waals surface area contributed by atoms with Gasteiger partial charge in [-0.15, -0.1) is 0 Å². The summed E-state index contributed by atoms with van der Waals surface area (Å²) in [6.07, 6.45) is 5.08. The number of anilines is 1. The lowest BCUT2D eigenvalue weighted by molar-refractivity contribution is -0.132. The molecule has 1 aliphatic heterocycles. The van der Waals surface area contributed by atoms with Gasteiger partial charge in [0.2, 0.25) is 5.91 Å². The number of piperidine rings is 1. The summed E-state index contributed by atoms with van der Waals surface area (Å²) >= 11 is 0. The molecule has 2 rings (SSSR count). The van der Waals surface area contributed by atoms with Crippen molar-refractivity contribution in [3.05, 3.63) is 23.9 Å². The molecule has 17 heavy (non-hydrogen) atoms. The van der Waals surface area contributed by atoms with E-state index < -0.39 is 0 Å². The van der Waals surface area contributed by atoms with Crippen LogP contribution in [0.2, 0.25) is 0 Å². The molecule has 1 aromatic rings. The average molecular weight is 233 g/mol. The van der Waals surface area contributed by atoms with Gasteiger partial charge >= 0.3 is 0 Å². The number of carbonyl (C=O) groups is 1. The molecule has 2 heterocycles. The van der Waals surface area contributed by atoms with Crippen molar-refractivity contribution < 1.29 is 4.79 Å². The summed E-state index contributed by atoms with van der Waals surface area (Å²) in [5, 5.41) is 3.10. The molecule has 1 saturated heterocycles. The Balaban J connectivity index is 2.32. The van der Waals surface area contributed by atoms with Crippen molar-refractivity contribution in [2.24, 2.45) is 0 Å². The molecule has 92 valence electrons. The van der Waals surface area contributed by atoms with Crippen LogP contribution in [0, 0.1) is 0 Å². The lowest BCUT2D eigenvalue weighted by atomic mass is 9.95. The zero-order valence-corrected chi connectivity index (χ0v) is 10.4. The normalized spacial score (nSPS) is 20.1. The summed E-state index contributed by atoms with van der Waals surface area (Å²) in [4.78, 5) is 17.9. The van der Waals surface area contributed by atoms with Crippen molar-refractivity contribution in [1.29, 1.82) is 0 Å². The predicted octanol–water partition coefficient (Wildman–Crippen LogP) is 2.20. The van der Waals surface area contributed by atoms with Crippen LogP contribution in [0.25, 0.3) is 0 Å².